The molecule has 2 aromatic heterocycles. The zero-order valence-electron chi connectivity index (χ0n) is 22.9. The Bertz CT molecular complexity index is 1210. The van der Waals surface area contributed by atoms with Crippen LogP contribution in [0.5, 0.6) is 0 Å². The van der Waals surface area contributed by atoms with Crippen LogP contribution in [0.2, 0.25) is 0 Å². The SMILES string of the molecule is CCn1ncc2c(NC3CCCCC3)c(C3=CC(C(=O)NC4CCCC4)(C(=O)NC4CCCC4)ON3)cnc21. The summed E-state index contributed by atoms with van der Waals surface area (Å²) in [4.78, 5) is 38.2. The van der Waals surface area contributed by atoms with Gasteiger partial charge in [0.1, 0.15) is 0 Å². The van der Waals surface area contributed by atoms with Crippen molar-refractivity contribution < 1.29 is 14.4 Å². The van der Waals surface area contributed by atoms with Gasteiger partial charge in [0, 0.05) is 36.4 Å². The zero-order chi connectivity index (χ0) is 26.8. The summed E-state index contributed by atoms with van der Waals surface area (Å²) in [5.41, 5.74) is 4.24. The molecule has 3 aliphatic carbocycles. The number of anilines is 1. The van der Waals surface area contributed by atoms with Crippen LogP contribution in [0.25, 0.3) is 16.7 Å². The number of hydrogen-bond donors (Lipinski definition) is 4. The minimum Gasteiger partial charge on any atom is -0.381 e. The lowest BCUT2D eigenvalue weighted by molar-refractivity contribution is -0.158. The highest BCUT2D eigenvalue weighted by atomic mass is 16.7. The van der Waals surface area contributed by atoms with Gasteiger partial charge in [0.2, 0.25) is 0 Å². The number of aryl methyl sites for hydroxylation is 1. The fourth-order valence-electron chi connectivity index (χ4n) is 6.65. The van der Waals surface area contributed by atoms with E-state index in [4.69, 9.17) is 9.82 Å². The van der Waals surface area contributed by atoms with E-state index in [1.807, 2.05) is 17.8 Å². The van der Waals surface area contributed by atoms with Crippen LogP contribution in [0.3, 0.4) is 0 Å². The van der Waals surface area contributed by atoms with Gasteiger partial charge in [-0.3, -0.25) is 15.1 Å². The molecule has 10 nitrogen and oxygen atoms in total. The normalized spacial score (nSPS) is 22.1. The molecule has 39 heavy (non-hydrogen) atoms. The standard InChI is InChI=1S/C29H41N7O3/c1-2-36-26-23(18-31-36)25(32-19-10-4-3-5-11-19)22(17-30-26)24-16-29(39-35-24,27(37)33-20-12-6-7-13-20)28(38)34-21-14-8-9-15-21/h16-21,35H,2-15H2,1H3,(H,30,32)(H,33,37)(H,34,38). The van der Waals surface area contributed by atoms with Crippen LogP contribution in [0, 0.1) is 0 Å². The number of aromatic nitrogens is 3. The second-order valence-corrected chi connectivity index (χ2v) is 11.6. The maximum absolute atomic E-state index is 13.7. The minimum atomic E-state index is -1.79. The third-order valence-corrected chi connectivity index (χ3v) is 8.93. The number of hydrogen-bond acceptors (Lipinski definition) is 7. The molecule has 4 aliphatic rings. The molecule has 0 bridgehead atoms. The van der Waals surface area contributed by atoms with Gasteiger partial charge in [-0.05, 0) is 51.5 Å². The molecule has 4 N–H and O–H groups in total. The Morgan fingerprint density at radius 1 is 0.923 bits per heavy atom. The van der Waals surface area contributed by atoms with E-state index in [1.165, 1.54) is 19.3 Å². The molecule has 10 heteroatoms. The first-order chi connectivity index (χ1) is 19.1. The Labute approximate surface area is 229 Å². The fraction of sp³-hybridized carbons (Fsp3) is 0.655. The number of hydroxylamine groups is 1. The molecule has 0 unspecified atom stereocenters. The van der Waals surface area contributed by atoms with Crippen LogP contribution < -0.4 is 21.4 Å². The van der Waals surface area contributed by atoms with Crippen LogP contribution in [-0.2, 0) is 21.0 Å². The average molecular weight is 536 g/mol. The molecule has 1 aliphatic heterocycles. The molecular weight excluding hydrogens is 494 g/mol. The lowest BCUT2D eigenvalue weighted by atomic mass is 9.94. The molecule has 0 atom stereocenters. The Morgan fingerprint density at radius 3 is 2.13 bits per heavy atom. The first-order valence-corrected chi connectivity index (χ1v) is 15.0. The monoisotopic (exact) mass is 535 g/mol. The first-order valence-electron chi connectivity index (χ1n) is 15.0. The number of rotatable bonds is 8. The van der Waals surface area contributed by atoms with Crippen molar-refractivity contribution in [1.29, 1.82) is 0 Å². The van der Waals surface area contributed by atoms with Gasteiger partial charge in [-0.1, -0.05) is 44.9 Å². The van der Waals surface area contributed by atoms with E-state index >= 15 is 0 Å². The second kappa shape index (κ2) is 11.2. The van der Waals surface area contributed by atoms with Gasteiger partial charge >= 0.3 is 0 Å². The molecule has 0 spiro atoms. The Hall–Kier alpha value is -3.14. The largest absolute Gasteiger partial charge is 0.381 e. The highest BCUT2D eigenvalue weighted by Gasteiger charge is 2.51. The molecule has 3 saturated carbocycles. The van der Waals surface area contributed by atoms with E-state index < -0.39 is 17.4 Å². The molecule has 0 saturated heterocycles. The molecule has 2 amide bonds. The molecule has 3 heterocycles. The predicted molar refractivity (Wildman–Crippen MR) is 149 cm³/mol. The third-order valence-electron chi connectivity index (χ3n) is 8.93. The minimum absolute atomic E-state index is 0.0659. The molecule has 210 valence electrons. The summed E-state index contributed by atoms with van der Waals surface area (Å²) < 4.78 is 1.88. The van der Waals surface area contributed by atoms with E-state index in [0.717, 1.165) is 86.5 Å². The van der Waals surface area contributed by atoms with Crippen LogP contribution in [0.4, 0.5) is 5.69 Å². The molecule has 0 aromatic carbocycles. The van der Waals surface area contributed by atoms with E-state index in [-0.39, 0.29) is 12.1 Å². The summed E-state index contributed by atoms with van der Waals surface area (Å²) in [6, 6.07) is 0.476. The maximum atomic E-state index is 13.7. The number of nitrogens with zero attached hydrogens (tertiary/aromatic N) is 3. The lowest BCUT2D eigenvalue weighted by Gasteiger charge is -2.26. The lowest BCUT2D eigenvalue weighted by Crippen LogP contribution is -2.59. The van der Waals surface area contributed by atoms with Crippen LogP contribution in [-0.4, -0.2) is 50.3 Å². The summed E-state index contributed by atoms with van der Waals surface area (Å²) in [6.45, 7) is 2.76. The van der Waals surface area contributed by atoms with Crippen molar-refractivity contribution in [1.82, 2.24) is 30.9 Å². The average Bonchev–Trinajstić information content (AvgIpc) is 3.77. The van der Waals surface area contributed by atoms with Gasteiger partial charge in [0.25, 0.3) is 17.4 Å². The van der Waals surface area contributed by atoms with Crippen molar-refractivity contribution in [3.63, 3.8) is 0 Å². The van der Waals surface area contributed by atoms with E-state index in [0.29, 0.717) is 18.3 Å². The highest BCUT2D eigenvalue weighted by molar-refractivity contribution is 6.13. The smallest absolute Gasteiger partial charge is 0.271 e. The highest BCUT2D eigenvalue weighted by Crippen LogP contribution is 2.37. The second-order valence-electron chi connectivity index (χ2n) is 11.6. The van der Waals surface area contributed by atoms with Crippen molar-refractivity contribution in [2.75, 3.05) is 5.32 Å². The predicted octanol–water partition coefficient (Wildman–Crippen LogP) is 3.93. The van der Waals surface area contributed by atoms with Crippen LogP contribution in [0.15, 0.2) is 18.5 Å². The van der Waals surface area contributed by atoms with Crippen LogP contribution >= 0.6 is 0 Å². The van der Waals surface area contributed by atoms with E-state index in [9.17, 15) is 9.59 Å². The van der Waals surface area contributed by atoms with Crippen molar-refractivity contribution in [2.45, 2.75) is 121 Å². The number of amides is 2. The quantitative estimate of drug-likeness (QED) is 0.378. The summed E-state index contributed by atoms with van der Waals surface area (Å²) >= 11 is 0. The summed E-state index contributed by atoms with van der Waals surface area (Å²) in [5, 5.41) is 15.5. The van der Waals surface area contributed by atoms with E-state index in [2.05, 4.69) is 26.5 Å². The zero-order valence-corrected chi connectivity index (χ0v) is 22.9. The van der Waals surface area contributed by atoms with Crippen molar-refractivity contribution in [3.8, 4) is 0 Å². The Balaban J connectivity index is 1.37. The maximum Gasteiger partial charge on any atom is 0.271 e. The number of carbonyl (C=O) groups is 2. The number of carbonyl (C=O) groups excluding carboxylic acids is 2. The van der Waals surface area contributed by atoms with Gasteiger partial charge in [-0.2, -0.15) is 5.10 Å². The van der Waals surface area contributed by atoms with Crippen molar-refractivity contribution in [2.24, 2.45) is 0 Å². The summed E-state index contributed by atoms with van der Waals surface area (Å²) in [6.07, 6.45) is 19.2. The fourth-order valence-corrected chi connectivity index (χ4v) is 6.65. The Kier molecular flexibility index (Phi) is 7.47. The number of pyridine rings is 1. The summed E-state index contributed by atoms with van der Waals surface area (Å²) in [7, 11) is 0. The number of fused-ring (bicyclic) bond motifs is 1. The molecular formula is C29H41N7O3. The van der Waals surface area contributed by atoms with Crippen molar-refractivity contribution >= 4 is 34.2 Å². The van der Waals surface area contributed by atoms with Gasteiger partial charge in [0.15, 0.2) is 5.65 Å². The van der Waals surface area contributed by atoms with E-state index in [1.54, 1.807) is 12.3 Å². The van der Waals surface area contributed by atoms with Crippen molar-refractivity contribution in [3.05, 3.63) is 24.0 Å². The number of nitrogens with one attached hydrogen (secondary N) is 4. The van der Waals surface area contributed by atoms with Gasteiger partial charge in [-0.15, -0.1) is 0 Å². The molecule has 2 aromatic rings. The third kappa shape index (κ3) is 5.11. The molecule has 6 rings (SSSR count). The topological polar surface area (TPSA) is 122 Å². The van der Waals surface area contributed by atoms with Gasteiger partial charge < -0.3 is 16.0 Å². The van der Waals surface area contributed by atoms with Gasteiger partial charge in [-0.25, -0.2) is 14.5 Å². The first kappa shape index (κ1) is 26.1. The Morgan fingerprint density at radius 2 is 1.51 bits per heavy atom. The molecule has 3 fully saturated rings. The summed E-state index contributed by atoms with van der Waals surface area (Å²) in [5.74, 6) is -0.830. The molecule has 0 radical (unpaired) electrons. The van der Waals surface area contributed by atoms with Crippen LogP contribution in [0.1, 0.15) is 96.0 Å². The van der Waals surface area contributed by atoms with Gasteiger partial charge in [0.05, 0.1) is 23.0 Å².